The molecule has 2 amide bonds. The highest BCUT2D eigenvalue weighted by Gasteiger charge is 2.27. The molecule has 0 saturated carbocycles. The van der Waals surface area contributed by atoms with Gasteiger partial charge in [0.2, 0.25) is 17.7 Å². The van der Waals surface area contributed by atoms with E-state index in [9.17, 15) is 9.59 Å². The Bertz CT molecular complexity index is 504. The average molecular weight is 277 g/mol. The molecule has 1 aliphatic rings. The standard InChI is InChI=1S/C14H19N3O3/c1-10-4-3-5-13(16-10)20-12-6-7-17(9-12)14(19)8-15-11(2)18/h3-5,12H,6-9H2,1-2H3,(H,15,18)/t12-/m1/s1. The summed E-state index contributed by atoms with van der Waals surface area (Å²) in [5.74, 6) is 0.309. The number of aromatic nitrogens is 1. The topological polar surface area (TPSA) is 71.5 Å². The number of likely N-dealkylation sites (tertiary alicyclic amines) is 1. The largest absolute Gasteiger partial charge is 0.472 e. The van der Waals surface area contributed by atoms with Gasteiger partial charge < -0.3 is 15.0 Å². The van der Waals surface area contributed by atoms with Crippen LogP contribution in [0.2, 0.25) is 0 Å². The number of amides is 2. The molecule has 0 unspecified atom stereocenters. The van der Waals surface area contributed by atoms with Gasteiger partial charge in [0, 0.05) is 31.6 Å². The van der Waals surface area contributed by atoms with Crippen molar-refractivity contribution < 1.29 is 14.3 Å². The van der Waals surface area contributed by atoms with Gasteiger partial charge in [-0.3, -0.25) is 9.59 Å². The molecule has 0 aliphatic carbocycles. The molecule has 0 spiro atoms. The van der Waals surface area contributed by atoms with Crippen molar-refractivity contribution in [2.24, 2.45) is 0 Å². The normalized spacial score (nSPS) is 17.9. The number of pyridine rings is 1. The first-order valence-corrected chi connectivity index (χ1v) is 6.67. The third-order valence-electron chi connectivity index (χ3n) is 3.14. The first kappa shape index (κ1) is 14.3. The first-order valence-electron chi connectivity index (χ1n) is 6.67. The summed E-state index contributed by atoms with van der Waals surface area (Å²) < 4.78 is 5.77. The van der Waals surface area contributed by atoms with Crippen molar-refractivity contribution in [3.05, 3.63) is 23.9 Å². The molecule has 2 heterocycles. The van der Waals surface area contributed by atoms with Gasteiger partial charge >= 0.3 is 0 Å². The van der Waals surface area contributed by atoms with Crippen LogP contribution in [0.4, 0.5) is 0 Å². The van der Waals surface area contributed by atoms with E-state index in [2.05, 4.69) is 10.3 Å². The van der Waals surface area contributed by atoms with Gasteiger partial charge in [-0.1, -0.05) is 6.07 Å². The fourth-order valence-electron chi connectivity index (χ4n) is 2.12. The predicted molar refractivity (Wildman–Crippen MR) is 73.3 cm³/mol. The number of carbonyl (C=O) groups excluding carboxylic acids is 2. The van der Waals surface area contributed by atoms with E-state index in [1.165, 1.54) is 6.92 Å². The first-order chi connectivity index (χ1) is 9.54. The molecule has 0 aromatic carbocycles. The van der Waals surface area contributed by atoms with Crippen LogP contribution in [0.1, 0.15) is 19.0 Å². The van der Waals surface area contributed by atoms with Gasteiger partial charge in [0.05, 0.1) is 13.1 Å². The SMILES string of the molecule is CC(=O)NCC(=O)N1CC[C@@H](Oc2cccc(C)n2)C1. The summed E-state index contributed by atoms with van der Waals surface area (Å²) >= 11 is 0. The van der Waals surface area contributed by atoms with Gasteiger partial charge in [-0.2, -0.15) is 0 Å². The minimum Gasteiger partial charge on any atom is -0.472 e. The number of hydrogen-bond acceptors (Lipinski definition) is 4. The van der Waals surface area contributed by atoms with Gasteiger partial charge in [0.1, 0.15) is 6.10 Å². The zero-order valence-corrected chi connectivity index (χ0v) is 11.8. The second-order valence-corrected chi connectivity index (χ2v) is 4.90. The molecule has 1 saturated heterocycles. The summed E-state index contributed by atoms with van der Waals surface area (Å²) in [7, 11) is 0. The van der Waals surface area contributed by atoms with Crippen LogP contribution < -0.4 is 10.1 Å². The second kappa shape index (κ2) is 6.36. The van der Waals surface area contributed by atoms with E-state index in [-0.39, 0.29) is 24.5 Å². The summed E-state index contributed by atoms with van der Waals surface area (Å²) in [6.45, 7) is 4.53. The maximum Gasteiger partial charge on any atom is 0.242 e. The van der Waals surface area contributed by atoms with Crippen molar-refractivity contribution in [2.45, 2.75) is 26.4 Å². The lowest BCUT2D eigenvalue weighted by Crippen LogP contribution is -2.39. The number of carbonyl (C=O) groups is 2. The van der Waals surface area contributed by atoms with Gasteiger partial charge in [-0.25, -0.2) is 4.98 Å². The number of nitrogens with one attached hydrogen (secondary N) is 1. The van der Waals surface area contributed by atoms with Crippen molar-refractivity contribution in [2.75, 3.05) is 19.6 Å². The number of ether oxygens (including phenoxy) is 1. The molecule has 1 aliphatic heterocycles. The molecule has 1 fully saturated rings. The van der Waals surface area contributed by atoms with Crippen LogP contribution in [0.3, 0.4) is 0 Å². The smallest absolute Gasteiger partial charge is 0.242 e. The van der Waals surface area contributed by atoms with Crippen molar-refractivity contribution in [3.63, 3.8) is 0 Å². The van der Waals surface area contributed by atoms with Gasteiger partial charge in [-0.05, 0) is 13.0 Å². The van der Waals surface area contributed by atoms with E-state index in [1.54, 1.807) is 4.90 Å². The molecule has 6 heteroatoms. The van der Waals surface area contributed by atoms with Crippen LogP contribution >= 0.6 is 0 Å². The predicted octanol–water partition coefficient (Wildman–Crippen LogP) is 0.506. The number of aryl methyl sites for hydroxylation is 1. The van der Waals surface area contributed by atoms with Crippen LogP contribution in [-0.4, -0.2) is 47.4 Å². The summed E-state index contributed by atoms with van der Waals surface area (Å²) in [6.07, 6.45) is 0.743. The molecule has 1 aromatic rings. The minimum atomic E-state index is -0.200. The Kier molecular flexibility index (Phi) is 4.55. The third kappa shape index (κ3) is 3.94. The lowest BCUT2D eigenvalue weighted by atomic mass is 10.3. The molecule has 6 nitrogen and oxygen atoms in total. The molecule has 20 heavy (non-hydrogen) atoms. The second-order valence-electron chi connectivity index (χ2n) is 4.90. The molecule has 1 aromatic heterocycles. The number of nitrogens with zero attached hydrogens (tertiary/aromatic N) is 2. The zero-order chi connectivity index (χ0) is 14.5. The quantitative estimate of drug-likeness (QED) is 0.870. The Morgan fingerprint density at radius 2 is 2.30 bits per heavy atom. The maximum absolute atomic E-state index is 11.8. The Balaban J connectivity index is 1.83. The van der Waals surface area contributed by atoms with Crippen LogP contribution in [-0.2, 0) is 9.59 Å². The molecule has 0 bridgehead atoms. The van der Waals surface area contributed by atoms with Crippen molar-refractivity contribution in [1.82, 2.24) is 15.2 Å². The zero-order valence-electron chi connectivity index (χ0n) is 11.8. The Labute approximate surface area is 118 Å². The molecule has 0 radical (unpaired) electrons. The highest BCUT2D eigenvalue weighted by Crippen LogP contribution is 2.16. The van der Waals surface area contributed by atoms with E-state index in [4.69, 9.17) is 4.74 Å². The summed E-state index contributed by atoms with van der Waals surface area (Å²) in [6, 6.07) is 5.62. The third-order valence-corrected chi connectivity index (χ3v) is 3.14. The van der Waals surface area contributed by atoms with E-state index in [0.29, 0.717) is 19.0 Å². The summed E-state index contributed by atoms with van der Waals surface area (Å²) in [4.78, 5) is 28.6. The molecule has 1 atom stereocenters. The van der Waals surface area contributed by atoms with Crippen molar-refractivity contribution >= 4 is 11.8 Å². The van der Waals surface area contributed by atoms with Crippen molar-refractivity contribution in [1.29, 1.82) is 0 Å². The molecule has 1 N–H and O–H groups in total. The lowest BCUT2D eigenvalue weighted by Gasteiger charge is -2.17. The molecule has 2 rings (SSSR count). The lowest BCUT2D eigenvalue weighted by molar-refractivity contribution is -0.131. The summed E-state index contributed by atoms with van der Waals surface area (Å²) in [5.41, 5.74) is 0.902. The highest BCUT2D eigenvalue weighted by atomic mass is 16.5. The Morgan fingerprint density at radius 1 is 1.50 bits per heavy atom. The number of hydrogen-bond donors (Lipinski definition) is 1. The molecular formula is C14H19N3O3. The Morgan fingerprint density at radius 3 is 3.00 bits per heavy atom. The van der Waals surface area contributed by atoms with E-state index < -0.39 is 0 Å². The molecule has 108 valence electrons. The van der Waals surface area contributed by atoms with E-state index in [1.807, 2.05) is 25.1 Å². The molecular weight excluding hydrogens is 258 g/mol. The fourth-order valence-corrected chi connectivity index (χ4v) is 2.12. The maximum atomic E-state index is 11.8. The van der Waals surface area contributed by atoms with Crippen LogP contribution in [0.5, 0.6) is 5.88 Å². The van der Waals surface area contributed by atoms with Gasteiger partial charge in [0.25, 0.3) is 0 Å². The van der Waals surface area contributed by atoms with Crippen LogP contribution in [0.15, 0.2) is 18.2 Å². The highest BCUT2D eigenvalue weighted by molar-refractivity contribution is 5.83. The van der Waals surface area contributed by atoms with Crippen LogP contribution in [0, 0.1) is 6.92 Å². The summed E-state index contributed by atoms with van der Waals surface area (Å²) in [5, 5.41) is 2.51. The number of rotatable bonds is 4. The van der Waals surface area contributed by atoms with Gasteiger partial charge in [0.15, 0.2) is 0 Å². The van der Waals surface area contributed by atoms with Gasteiger partial charge in [-0.15, -0.1) is 0 Å². The monoisotopic (exact) mass is 277 g/mol. The van der Waals surface area contributed by atoms with E-state index in [0.717, 1.165) is 12.1 Å². The van der Waals surface area contributed by atoms with Crippen molar-refractivity contribution in [3.8, 4) is 5.88 Å². The average Bonchev–Trinajstić information content (AvgIpc) is 2.84. The van der Waals surface area contributed by atoms with E-state index >= 15 is 0 Å². The minimum absolute atomic E-state index is 0.0365. The fraction of sp³-hybridized carbons (Fsp3) is 0.500. The Hall–Kier alpha value is -2.11. The van der Waals surface area contributed by atoms with Crippen LogP contribution in [0.25, 0.3) is 0 Å².